The molecular weight excluding hydrogens is 388 g/mol. The molecule has 3 rings (SSSR count). The Morgan fingerprint density at radius 1 is 0.806 bits per heavy atom. The van der Waals surface area contributed by atoms with Gasteiger partial charge < -0.3 is 15.4 Å². The van der Waals surface area contributed by atoms with Crippen molar-refractivity contribution in [3.63, 3.8) is 0 Å². The van der Waals surface area contributed by atoms with Crippen molar-refractivity contribution < 1.29 is 14.3 Å². The fraction of sp³-hybridized carbons (Fsp3) is 0.231. The van der Waals surface area contributed by atoms with Gasteiger partial charge in [-0.3, -0.25) is 9.59 Å². The fourth-order valence-electron chi connectivity index (χ4n) is 3.36. The van der Waals surface area contributed by atoms with E-state index in [0.29, 0.717) is 19.8 Å². The van der Waals surface area contributed by atoms with E-state index < -0.39 is 0 Å². The summed E-state index contributed by atoms with van der Waals surface area (Å²) in [6, 6.07) is 27.1. The van der Waals surface area contributed by atoms with Gasteiger partial charge in [-0.2, -0.15) is 0 Å². The molecule has 3 aromatic carbocycles. The lowest BCUT2D eigenvalue weighted by molar-refractivity contribution is -0.122. The molecule has 0 spiro atoms. The zero-order chi connectivity index (χ0) is 21.9. The van der Waals surface area contributed by atoms with Gasteiger partial charge in [-0.15, -0.1) is 0 Å². The molecule has 0 heterocycles. The molecule has 5 heteroatoms. The molecule has 5 nitrogen and oxygen atoms in total. The van der Waals surface area contributed by atoms with Crippen LogP contribution in [0.3, 0.4) is 0 Å². The molecule has 31 heavy (non-hydrogen) atoms. The van der Waals surface area contributed by atoms with Gasteiger partial charge in [0.25, 0.3) is 0 Å². The minimum absolute atomic E-state index is 0.123. The lowest BCUT2D eigenvalue weighted by Crippen LogP contribution is -2.32. The standard InChI is InChI=1S/C26H28N2O3/c1-20(29)28-25(22-12-6-3-7-13-22)16-26(30)27-17-23-14-8-9-15-24(23)19-31-18-21-10-4-2-5-11-21/h2-15,25H,16-19H2,1H3,(H,27,30)(H,28,29). The van der Waals surface area contributed by atoms with Crippen molar-refractivity contribution in [2.24, 2.45) is 0 Å². The smallest absolute Gasteiger partial charge is 0.222 e. The van der Waals surface area contributed by atoms with Gasteiger partial charge in [-0.1, -0.05) is 84.9 Å². The molecule has 1 atom stereocenters. The topological polar surface area (TPSA) is 67.4 Å². The van der Waals surface area contributed by atoms with E-state index in [1.54, 1.807) is 0 Å². The Hall–Kier alpha value is -3.44. The summed E-state index contributed by atoms with van der Waals surface area (Å²) in [5.41, 5.74) is 4.08. The maximum Gasteiger partial charge on any atom is 0.222 e. The molecule has 160 valence electrons. The van der Waals surface area contributed by atoms with Crippen LogP contribution in [0.2, 0.25) is 0 Å². The molecule has 0 bridgehead atoms. The van der Waals surface area contributed by atoms with Crippen LogP contribution in [0.5, 0.6) is 0 Å². The molecule has 2 amide bonds. The lowest BCUT2D eigenvalue weighted by Gasteiger charge is -2.18. The van der Waals surface area contributed by atoms with E-state index >= 15 is 0 Å². The van der Waals surface area contributed by atoms with Gasteiger partial charge in [0.1, 0.15) is 0 Å². The van der Waals surface area contributed by atoms with Crippen molar-refractivity contribution in [2.45, 2.75) is 39.1 Å². The summed E-state index contributed by atoms with van der Waals surface area (Å²) in [7, 11) is 0. The van der Waals surface area contributed by atoms with Gasteiger partial charge in [0.05, 0.1) is 25.7 Å². The minimum atomic E-state index is -0.358. The second kappa shape index (κ2) is 11.7. The van der Waals surface area contributed by atoms with Crippen LogP contribution in [0.15, 0.2) is 84.9 Å². The summed E-state index contributed by atoms with van der Waals surface area (Å²) < 4.78 is 5.86. The van der Waals surface area contributed by atoms with E-state index in [4.69, 9.17) is 4.74 Å². The average molecular weight is 417 g/mol. The molecule has 0 aromatic heterocycles. The van der Waals surface area contributed by atoms with Gasteiger partial charge in [-0.25, -0.2) is 0 Å². The number of rotatable bonds is 10. The number of benzene rings is 3. The monoisotopic (exact) mass is 416 g/mol. The number of carbonyl (C=O) groups is 2. The maximum absolute atomic E-state index is 12.6. The Balaban J connectivity index is 1.55. The van der Waals surface area contributed by atoms with Crippen LogP contribution in [-0.4, -0.2) is 11.8 Å². The van der Waals surface area contributed by atoms with Crippen LogP contribution in [0.4, 0.5) is 0 Å². The van der Waals surface area contributed by atoms with Gasteiger partial charge in [0.2, 0.25) is 11.8 Å². The molecule has 2 N–H and O–H groups in total. The quantitative estimate of drug-likeness (QED) is 0.518. The van der Waals surface area contributed by atoms with E-state index in [-0.39, 0.29) is 24.3 Å². The number of carbonyl (C=O) groups excluding carboxylic acids is 2. The minimum Gasteiger partial charge on any atom is -0.372 e. The molecular formula is C26H28N2O3. The summed E-state index contributed by atoms with van der Waals surface area (Å²) in [6.07, 6.45) is 0.177. The maximum atomic E-state index is 12.6. The van der Waals surface area contributed by atoms with E-state index in [1.165, 1.54) is 6.92 Å². The van der Waals surface area contributed by atoms with Crippen molar-refractivity contribution >= 4 is 11.8 Å². The molecule has 0 saturated carbocycles. The summed E-state index contributed by atoms with van der Waals surface area (Å²) in [5, 5.41) is 5.84. The highest BCUT2D eigenvalue weighted by atomic mass is 16.5. The van der Waals surface area contributed by atoms with Gasteiger partial charge in [0.15, 0.2) is 0 Å². The van der Waals surface area contributed by atoms with Crippen LogP contribution in [-0.2, 0) is 34.1 Å². The number of hydrogen-bond acceptors (Lipinski definition) is 3. The van der Waals surface area contributed by atoms with E-state index in [2.05, 4.69) is 10.6 Å². The third kappa shape index (κ3) is 7.39. The molecule has 0 aliphatic rings. The third-order valence-electron chi connectivity index (χ3n) is 4.93. The SMILES string of the molecule is CC(=O)NC(CC(=O)NCc1ccccc1COCc1ccccc1)c1ccccc1. The van der Waals surface area contributed by atoms with Gasteiger partial charge >= 0.3 is 0 Å². The van der Waals surface area contributed by atoms with Crippen LogP contribution >= 0.6 is 0 Å². The van der Waals surface area contributed by atoms with Gasteiger partial charge in [0, 0.05) is 13.5 Å². The molecule has 0 fully saturated rings. The Labute approximate surface area is 183 Å². The van der Waals surface area contributed by atoms with Crippen molar-refractivity contribution in [1.82, 2.24) is 10.6 Å². The molecule has 0 aliphatic heterocycles. The summed E-state index contributed by atoms with van der Waals surface area (Å²) in [4.78, 5) is 24.2. The Morgan fingerprint density at radius 3 is 2.10 bits per heavy atom. The Bertz CT molecular complexity index is 974. The molecule has 0 saturated heterocycles. The van der Waals surface area contributed by atoms with Crippen molar-refractivity contribution in [3.05, 3.63) is 107 Å². The number of ether oxygens (including phenoxy) is 1. The number of nitrogens with one attached hydrogen (secondary N) is 2. The van der Waals surface area contributed by atoms with Crippen molar-refractivity contribution in [2.75, 3.05) is 0 Å². The van der Waals surface area contributed by atoms with Crippen LogP contribution in [0.1, 0.15) is 41.6 Å². The first-order chi connectivity index (χ1) is 15.1. The van der Waals surface area contributed by atoms with E-state index in [9.17, 15) is 9.59 Å². The zero-order valence-electron chi connectivity index (χ0n) is 17.7. The Kier molecular flexibility index (Phi) is 8.38. The molecule has 1 unspecified atom stereocenters. The summed E-state index contributed by atoms with van der Waals surface area (Å²) >= 11 is 0. The third-order valence-corrected chi connectivity index (χ3v) is 4.93. The largest absolute Gasteiger partial charge is 0.372 e. The van der Waals surface area contributed by atoms with Crippen LogP contribution in [0.25, 0.3) is 0 Å². The second-order valence-electron chi connectivity index (χ2n) is 7.39. The molecule has 0 radical (unpaired) electrons. The van der Waals surface area contributed by atoms with Crippen molar-refractivity contribution in [1.29, 1.82) is 0 Å². The predicted octanol–water partition coefficient (Wildman–Crippen LogP) is 4.29. The van der Waals surface area contributed by atoms with E-state index in [1.807, 2.05) is 84.9 Å². The first kappa shape index (κ1) is 22.2. The lowest BCUT2D eigenvalue weighted by atomic mass is 10.0. The summed E-state index contributed by atoms with van der Waals surface area (Å²) in [5.74, 6) is -0.287. The highest BCUT2D eigenvalue weighted by Gasteiger charge is 2.17. The number of amides is 2. The molecule has 0 aliphatic carbocycles. The first-order valence-electron chi connectivity index (χ1n) is 10.4. The Morgan fingerprint density at radius 2 is 1.42 bits per heavy atom. The highest BCUT2D eigenvalue weighted by Crippen LogP contribution is 2.17. The fourth-order valence-corrected chi connectivity index (χ4v) is 3.36. The average Bonchev–Trinajstić information content (AvgIpc) is 2.79. The number of hydrogen-bond donors (Lipinski definition) is 2. The van der Waals surface area contributed by atoms with Crippen LogP contribution < -0.4 is 10.6 Å². The van der Waals surface area contributed by atoms with E-state index in [0.717, 1.165) is 22.3 Å². The highest BCUT2D eigenvalue weighted by molar-refractivity contribution is 5.79. The zero-order valence-corrected chi connectivity index (χ0v) is 17.7. The van der Waals surface area contributed by atoms with Gasteiger partial charge in [-0.05, 0) is 22.3 Å². The normalized spacial score (nSPS) is 11.5. The second-order valence-corrected chi connectivity index (χ2v) is 7.39. The molecule has 3 aromatic rings. The van der Waals surface area contributed by atoms with Crippen LogP contribution in [0, 0.1) is 0 Å². The van der Waals surface area contributed by atoms with Crippen molar-refractivity contribution in [3.8, 4) is 0 Å². The summed E-state index contributed by atoms with van der Waals surface area (Å²) in [6.45, 7) is 2.88. The first-order valence-corrected chi connectivity index (χ1v) is 10.4. The predicted molar refractivity (Wildman–Crippen MR) is 121 cm³/mol.